The summed E-state index contributed by atoms with van der Waals surface area (Å²) < 4.78 is 5.42. The van der Waals surface area contributed by atoms with Crippen LogP contribution in [0.15, 0.2) is 15.6 Å². The maximum Gasteiger partial charge on any atom is 0.191 e. The van der Waals surface area contributed by atoms with Crippen LogP contribution in [0.1, 0.15) is 63.8 Å². The number of rotatable bonds is 7. The van der Waals surface area contributed by atoms with E-state index in [0.717, 1.165) is 30.5 Å². The molecule has 160 valence electrons. The average molecular weight is 522 g/mol. The van der Waals surface area contributed by atoms with Crippen LogP contribution in [0.3, 0.4) is 0 Å². The molecule has 0 spiro atoms. The van der Waals surface area contributed by atoms with Crippen molar-refractivity contribution in [2.75, 3.05) is 37.7 Å². The number of aliphatic imine (C=N–C) groups is 1. The molecule has 8 heteroatoms. The third-order valence-corrected chi connectivity index (χ3v) is 6.65. The molecule has 3 rings (SSSR count). The van der Waals surface area contributed by atoms with Crippen LogP contribution < -0.4 is 10.6 Å². The molecule has 1 aliphatic heterocycles. The largest absolute Gasteiger partial charge is 0.359 e. The van der Waals surface area contributed by atoms with Crippen molar-refractivity contribution in [1.82, 2.24) is 20.7 Å². The quantitative estimate of drug-likeness (QED) is 0.323. The summed E-state index contributed by atoms with van der Waals surface area (Å²) in [6.07, 6.45) is 5.28. The van der Waals surface area contributed by atoms with Gasteiger partial charge >= 0.3 is 0 Å². The lowest BCUT2D eigenvalue weighted by atomic mass is 9.94. The molecule has 2 N–H and O–H groups in total. The van der Waals surface area contributed by atoms with Crippen LogP contribution in [0, 0.1) is 0 Å². The molecule has 6 nitrogen and oxygen atoms in total. The van der Waals surface area contributed by atoms with Gasteiger partial charge in [-0.2, -0.15) is 11.8 Å². The van der Waals surface area contributed by atoms with Crippen LogP contribution >= 0.6 is 35.7 Å². The van der Waals surface area contributed by atoms with Gasteiger partial charge in [-0.15, -0.1) is 24.0 Å². The van der Waals surface area contributed by atoms with Gasteiger partial charge in [0.1, 0.15) is 6.54 Å². The van der Waals surface area contributed by atoms with E-state index in [9.17, 15) is 0 Å². The lowest BCUT2D eigenvalue weighted by Gasteiger charge is -2.43. The summed E-state index contributed by atoms with van der Waals surface area (Å²) in [4.78, 5) is 7.47. The highest BCUT2D eigenvalue weighted by Crippen LogP contribution is 2.36. The molecule has 1 saturated heterocycles. The predicted molar refractivity (Wildman–Crippen MR) is 129 cm³/mol. The monoisotopic (exact) mass is 521 g/mol. The van der Waals surface area contributed by atoms with Crippen molar-refractivity contribution in [3.05, 3.63) is 17.5 Å². The van der Waals surface area contributed by atoms with Crippen LogP contribution in [0.2, 0.25) is 0 Å². The van der Waals surface area contributed by atoms with E-state index in [1.807, 2.05) is 6.07 Å². The first-order valence-corrected chi connectivity index (χ1v) is 11.6. The Morgan fingerprint density at radius 3 is 2.61 bits per heavy atom. The van der Waals surface area contributed by atoms with Crippen LogP contribution in [-0.4, -0.2) is 59.2 Å². The summed E-state index contributed by atoms with van der Waals surface area (Å²) in [6.45, 7) is 11.1. The number of thioether (sulfide) groups is 1. The maximum absolute atomic E-state index is 5.42. The molecular weight excluding hydrogens is 485 g/mol. The van der Waals surface area contributed by atoms with Crippen LogP contribution in [0.25, 0.3) is 0 Å². The van der Waals surface area contributed by atoms with Crippen molar-refractivity contribution in [3.63, 3.8) is 0 Å². The van der Waals surface area contributed by atoms with Gasteiger partial charge in [0.25, 0.3) is 0 Å². The van der Waals surface area contributed by atoms with Gasteiger partial charge in [-0.1, -0.05) is 31.8 Å². The Kier molecular flexibility index (Phi) is 9.89. The van der Waals surface area contributed by atoms with E-state index in [0.29, 0.717) is 18.0 Å². The van der Waals surface area contributed by atoms with Crippen LogP contribution in [-0.2, 0) is 6.54 Å². The van der Waals surface area contributed by atoms with Crippen molar-refractivity contribution in [2.24, 2.45) is 4.99 Å². The van der Waals surface area contributed by atoms with Gasteiger partial charge in [0.05, 0.1) is 5.69 Å². The van der Waals surface area contributed by atoms with Gasteiger partial charge in [-0.3, -0.25) is 4.90 Å². The number of hydrogen-bond acceptors (Lipinski definition) is 5. The molecular formula is C20H36IN5OS. The van der Waals surface area contributed by atoms with Crippen molar-refractivity contribution in [2.45, 2.75) is 64.5 Å². The first-order chi connectivity index (χ1) is 13.1. The highest BCUT2D eigenvalue weighted by atomic mass is 127. The van der Waals surface area contributed by atoms with Gasteiger partial charge in [-0.25, -0.2) is 4.99 Å². The summed E-state index contributed by atoms with van der Waals surface area (Å²) >= 11 is 2.08. The third-order valence-electron chi connectivity index (χ3n) is 5.71. The molecule has 0 bridgehead atoms. The van der Waals surface area contributed by atoms with Gasteiger partial charge in [0.15, 0.2) is 11.7 Å². The average Bonchev–Trinajstić information content (AvgIpc) is 3.35. The molecule has 0 radical (unpaired) electrons. The second-order valence-corrected chi connectivity index (χ2v) is 9.18. The number of guanidine groups is 1. The molecule has 0 amide bonds. The zero-order valence-electron chi connectivity index (χ0n) is 17.5. The van der Waals surface area contributed by atoms with Crippen LogP contribution in [0.5, 0.6) is 0 Å². The fraction of sp³-hybridized carbons (Fsp3) is 0.800. The number of nitrogens with zero attached hydrogens (tertiary/aromatic N) is 3. The summed E-state index contributed by atoms with van der Waals surface area (Å²) in [5, 5.41) is 11.1. The Morgan fingerprint density at radius 2 is 2.00 bits per heavy atom. The third kappa shape index (κ3) is 6.26. The van der Waals surface area contributed by atoms with Crippen molar-refractivity contribution in [3.8, 4) is 0 Å². The zero-order chi connectivity index (χ0) is 19.1. The second kappa shape index (κ2) is 11.6. The lowest BCUT2D eigenvalue weighted by molar-refractivity contribution is 0.107. The first kappa shape index (κ1) is 23.8. The standard InChI is InChI=1S/C20H35N5OS.HI/c1-4-21-19(22-14-17-13-18(16(2)3)24-26-17)23-15-20(7-5-6-8-20)25-9-11-27-12-10-25;/h13,16H,4-12,14-15H2,1-3H3,(H2,21,22,23);1H. The molecule has 0 atom stereocenters. The van der Waals surface area contributed by atoms with E-state index < -0.39 is 0 Å². The highest BCUT2D eigenvalue weighted by molar-refractivity contribution is 14.0. The molecule has 0 unspecified atom stereocenters. The van der Waals surface area contributed by atoms with Gasteiger partial charge < -0.3 is 15.2 Å². The summed E-state index contributed by atoms with van der Waals surface area (Å²) in [5.74, 6) is 4.60. The fourth-order valence-electron chi connectivity index (χ4n) is 4.10. The van der Waals surface area contributed by atoms with Gasteiger partial charge in [-0.05, 0) is 25.7 Å². The number of halogens is 1. The van der Waals surface area contributed by atoms with Crippen molar-refractivity contribution < 1.29 is 4.52 Å². The Morgan fingerprint density at radius 1 is 1.29 bits per heavy atom. The molecule has 1 aliphatic carbocycles. The van der Waals surface area contributed by atoms with Crippen LogP contribution in [0.4, 0.5) is 0 Å². The minimum Gasteiger partial charge on any atom is -0.359 e. The SMILES string of the molecule is CCNC(=NCc1cc(C(C)C)no1)NCC1(N2CCSCC2)CCCC1.I. The Bertz CT molecular complexity index is 609. The number of nitrogens with one attached hydrogen (secondary N) is 2. The lowest BCUT2D eigenvalue weighted by Crippen LogP contribution is -2.57. The molecule has 1 aromatic heterocycles. The first-order valence-electron chi connectivity index (χ1n) is 10.4. The van der Waals surface area contributed by atoms with Crippen molar-refractivity contribution >= 4 is 41.7 Å². The Hall–Kier alpha value is -0.480. The van der Waals surface area contributed by atoms with E-state index >= 15 is 0 Å². The topological polar surface area (TPSA) is 65.7 Å². The van der Waals surface area contributed by atoms with Crippen molar-refractivity contribution in [1.29, 1.82) is 0 Å². The Balaban J connectivity index is 0.00000280. The van der Waals surface area contributed by atoms with Gasteiger partial charge in [0.2, 0.25) is 0 Å². The molecule has 2 aliphatic rings. The van der Waals surface area contributed by atoms with E-state index in [2.05, 4.69) is 53.2 Å². The second-order valence-electron chi connectivity index (χ2n) is 7.95. The minimum absolute atomic E-state index is 0. The predicted octanol–water partition coefficient (Wildman–Crippen LogP) is 3.83. The smallest absolute Gasteiger partial charge is 0.191 e. The van der Waals surface area contributed by atoms with E-state index in [1.54, 1.807) is 0 Å². The normalized spacial score (nSPS) is 20.2. The molecule has 1 aromatic rings. The van der Waals surface area contributed by atoms with Gasteiger partial charge in [0, 0.05) is 49.3 Å². The molecule has 2 heterocycles. The molecule has 1 saturated carbocycles. The molecule has 2 fully saturated rings. The number of hydrogen-bond donors (Lipinski definition) is 2. The number of aromatic nitrogens is 1. The summed E-state index contributed by atoms with van der Waals surface area (Å²) in [5.41, 5.74) is 1.29. The fourth-order valence-corrected chi connectivity index (χ4v) is 5.00. The highest BCUT2D eigenvalue weighted by Gasteiger charge is 2.39. The minimum atomic E-state index is 0. The van der Waals surface area contributed by atoms with E-state index in [4.69, 9.17) is 9.52 Å². The Labute approximate surface area is 191 Å². The molecule has 28 heavy (non-hydrogen) atoms. The van der Waals surface area contributed by atoms with E-state index in [-0.39, 0.29) is 24.0 Å². The van der Waals surface area contributed by atoms with E-state index in [1.165, 1.54) is 50.3 Å². The molecule has 0 aromatic carbocycles. The summed E-state index contributed by atoms with van der Waals surface area (Å²) in [6, 6.07) is 2.02. The zero-order valence-corrected chi connectivity index (χ0v) is 20.6. The summed E-state index contributed by atoms with van der Waals surface area (Å²) in [7, 11) is 0. The maximum atomic E-state index is 5.42.